The Bertz CT molecular complexity index is 507. The normalized spacial score (nSPS) is 17.2. The highest BCUT2D eigenvalue weighted by Crippen LogP contribution is 2.11. The number of hydrogen-bond acceptors (Lipinski definition) is 3. The van der Waals surface area contributed by atoms with Gasteiger partial charge in [-0.05, 0) is 63.0 Å². The molecular formula is C15H21FNO2S. The fourth-order valence-electron chi connectivity index (χ4n) is 2.44. The Kier molecular flexibility index (Phi) is 5.54. The predicted molar refractivity (Wildman–Crippen MR) is 78.5 cm³/mol. The number of piperidine rings is 1. The van der Waals surface area contributed by atoms with Crippen LogP contribution in [0.1, 0.15) is 24.8 Å². The van der Waals surface area contributed by atoms with Crippen molar-refractivity contribution in [2.24, 2.45) is 0 Å². The first-order valence-electron chi connectivity index (χ1n) is 7.04. The maximum atomic E-state index is 12.8. The lowest BCUT2D eigenvalue weighted by atomic mass is 10.1. The molecule has 2 rings (SSSR count). The fourth-order valence-corrected chi connectivity index (χ4v) is 3.86. The molecule has 0 amide bonds. The molecule has 0 aliphatic carbocycles. The van der Waals surface area contributed by atoms with E-state index in [0.717, 1.165) is 32.5 Å². The molecule has 0 bridgehead atoms. The Morgan fingerprint density at radius 3 is 2.40 bits per heavy atom. The molecular weight excluding hydrogens is 277 g/mol. The molecule has 5 heteroatoms. The summed E-state index contributed by atoms with van der Waals surface area (Å²) in [6, 6.07) is 5.67. The van der Waals surface area contributed by atoms with Gasteiger partial charge in [0.15, 0.2) is 9.84 Å². The third-order valence-corrected chi connectivity index (χ3v) is 5.21. The van der Waals surface area contributed by atoms with Gasteiger partial charge in [-0.15, -0.1) is 0 Å². The van der Waals surface area contributed by atoms with E-state index in [9.17, 15) is 12.8 Å². The minimum absolute atomic E-state index is 0.00105. The van der Waals surface area contributed by atoms with Crippen molar-refractivity contribution < 1.29 is 12.8 Å². The molecule has 1 aliphatic heterocycles. The van der Waals surface area contributed by atoms with E-state index in [1.165, 1.54) is 24.3 Å². The molecule has 0 saturated carbocycles. The Labute approximate surface area is 120 Å². The van der Waals surface area contributed by atoms with Crippen molar-refractivity contribution in [1.82, 2.24) is 4.90 Å². The minimum Gasteiger partial charge on any atom is -0.303 e. The maximum absolute atomic E-state index is 12.8. The zero-order chi connectivity index (χ0) is 14.4. The van der Waals surface area contributed by atoms with Crippen LogP contribution in [0.3, 0.4) is 0 Å². The van der Waals surface area contributed by atoms with Gasteiger partial charge < -0.3 is 4.90 Å². The van der Waals surface area contributed by atoms with Crippen molar-refractivity contribution in [3.8, 4) is 0 Å². The summed E-state index contributed by atoms with van der Waals surface area (Å²) in [5.41, 5.74) is 0.652. The number of hydrogen-bond donors (Lipinski definition) is 0. The maximum Gasteiger partial charge on any atom is 0.154 e. The third kappa shape index (κ3) is 5.21. The standard InChI is InChI=1S/C15H21FNO2S/c16-15-7-5-14(6-8-15)13-20(18,19)12-4-11-17-9-2-1-3-10-17/h1,5-8H,2-4,9-13H2. The summed E-state index contributed by atoms with van der Waals surface area (Å²) in [6.45, 7) is 2.92. The third-order valence-electron chi connectivity index (χ3n) is 3.53. The van der Waals surface area contributed by atoms with Gasteiger partial charge in [-0.1, -0.05) is 12.1 Å². The van der Waals surface area contributed by atoms with Gasteiger partial charge in [-0.2, -0.15) is 0 Å². The lowest BCUT2D eigenvalue weighted by Gasteiger charge is -2.26. The van der Waals surface area contributed by atoms with Crippen molar-refractivity contribution in [2.75, 3.05) is 25.4 Å². The van der Waals surface area contributed by atoms with Crippen LogP contribution >= 0.6 is 0 Å². The number of likely N-dealkylation sites (tertiary alicyclic amines) is 1. The molecule has 0 unspecified atom stereocenters. The Morgan fingerprint density at radius 1 is 1.10 bits per heavy atom. The van der Waals surface area contributed by atoms with Crippen LogP contribution in [0.2, 0.25) is 0 Å². The van der Waals surface area contributed by atoms with Gasteiger partial charge in [0, 0.05) is 0 Å². The van der Waals surface area contributed by atoms with E-state index in [1.54, 1.807) is 0 Å². The summed E-state index contributed by atoms with van der Waals surface area (Å²) in [5.74, 6) is -0.140. The van der Waals surface area contributed by atoms with Gasteiger partial charge in [0.1, 0.15) is 5.82 Å². The highest BCUT2D eigenvalue weighted by Gasteiger charge is 2.14. The van der Waals surface area contributed by atoms with Crippen molar-refractivity contribution in [1.29, 1.82) is 0 Å². The molecule has 1 aliphatic rings. The van der Waals surface area contributed by atoms with Crippen LogP contribution in [0.5, 0.6) is 0 Å². The second-order valence-corrected chi connectivity index (χ2v) is 7.46. The van der Waals surface area contributed by atoms with E-state index in [-0.39, 0.29) is 17.3 Å². The van der Waals surface area contributed by atoms with E-state index in [2.05, 4.69) is 11.3 Å². The molecule has 0 N–H and O–H groups in total. The molecule has 1 aromatic rings. The highest BCUT2D eigenvalue weighted by molar-refractivity contribution is 7.90. The SMILES string of the molecule is O=S(=O)(CCCN1CC[CH]CC1)Cc1ccc(F)cc1. The molecule has 1 radical (unpaired) electrons. The zero-order valence-electron chi connectivity index (χ0n) is 11.6. The van der Waals surface area contributed by atoms with Gasteiger partial charge in [0.2, 0.25) is 0 Å². The molecule has 3 nitrogen and oxygen atoms in total. The number of halogens is 1. The van der Waals surface area contributed by atoms with E-state index >= 15 is 0 Å². The van der Waals surface area contributed by atoms with E-state index < -0.39 is 9.84 Å². The van der Waals surface area contributed by atoms with Crippen LogP contribution in [0.25, 0.3) is 0 Å². The van der Waals surface area contributed by atoms with Gasteiger partial charge in [0.25, 0.3) is 0 Å². The van der Waals surface area contributed by atoms with E-state index in [1.807, 2.05) is 0 Å². The topological polar surface area (TPSA) is 37.4 Å². The van der Waals surface area contributed by atoms with Crippen molar-refractivity contribution >= 4 is 9.84 Å². The Morgan fingerprint density at radius 2 is 1.75 bits per heavy atom. The summed E-state index contributed by atoms with van der Waals surface area (Å²) in [4.78, 5) is 2.31. The first-order chi connectivity index (χ1) is 9.55. The predicted octanol–water partition coefficient (Wildman–Crippen LogP) is 2.43. The lowest BCUT2D eigenvalue weighted by molar-refractivity contribution is 0.255. The smallest absolute Gasteiger partial charge is 0.154 e. The van der Waals surface area contributed by atoms with Gasteiger partial charge >= 0.3 is 0 Å². The van der Waals surface area contributed by atoms with Crippen LogP contribution in [-0.4, -0.2) is 38.7 Å². The number of nitrogens with zero attached hydrogens (tertiary/aromatic N) is 1. The average Bonchev–Trinajstić information content (AvgIpc) is 2.42. The van der Waals surface area contributed by atoms with Crippen LogP contribution in [0, 0.1) is 12.2 Å². The molecule has 1 aromatic carbocycles. The van der Waals surface area contributed by atoms with Crippen molar-refractivity contribution in [3.05, 3.63) is 42.1 Å². The van der Waals surface area contributed by atoms with Crippen LogP contribution < -0.4 is 0 Å². The molecule has 0 atom stereocenters. The second kappa shape index (κ2) is 7.18. The number of rotatable bonds is 6. The molecule has 111 valence electrons. The van der Waals surface area contributed by atoms with Crippen LogP contribution in [0.4, 0.5) is 4.39 Å². The van der Waals surface area contributed by atoms with E-state index in [4.69, 9.17) is 0 Å². The largest absolute Gasteiger partial charge is 0.303 e. The first-order valence-corrected chi connectivity index (χ1v) is 8.86. The Balaban J connectivity index is 1.77. The highest BCUT2D eigenvalue weighted by atomic mass is 32.2. The second-order valence-electron chi connectivity index (χ2n) is 5.28. The summed E-state index contributed by atoms with van der Waals surface area (Å²) in [6.07, 6.45) is 5.15. The molecule has 1 saturated heterocycles. The van der Waals surface area contributed by atoms with Crippen molar-refractivity contribution in [3.63, 3.8) is 0 Å². The summed E-state index contributed by atoms with van der Waals surface area (Å²) < 4.78 is 36.8. The minimum atomic E-state index is -3.11. The molecule has 0 aromatic heterocycles. The van der Waals surface area contributed by atoms with Crippen molar-refractivity contribution in [2.45, 2.75) is 25.0 Å². The monoisotopic (exact) mass is 298 g/mol. The van der Waals surface area contributed by atoms with Gasteiger partial charge in [-0.25, -0.2) is 12.8 Å². The Hall–Kier alpha value is -0.940. The van der Waals surface area contributed by atoms with E-state index in [0.29, 0.717) is 12.0 Å². The molecule has 0 spiro atoms. The van der Waals surface area contributed by atoms with Crippen LogP contribution in [0.15, 0.2) is 24.3 Å². The summed E-state index contributed by atoms with van der Waals surface area (Å²) in [5, 5.41) is 0. The zero-order valence-corrected chi connectivity index (χ0v) is 12.4. The fraction of sp³-hybridized carbons (Fsp3) is 0.533. The van der Waals surface area contributed by atoms with Gasteiger partial charge in [-0.3, -0.25) is 0 Å². The quantitative estimate of drug-likeness (QED) is 0.809. The summed E-state index contributed by atoms with van der Waals surface area (Å²) >= 11 is 0. The lowest BCUT2D eigenvalue weighted by Crippen LogP contribution is -2.31. The van der Waals surface area contributed by atoms with Crippen LogP contribution in [-0.2, 0) is 15.6 Å². The molecule has 1 heterocycles. The average molecular weight is 298 g/mol. The van der Waals surface area contributed by atoms with Gasteiger partial charge in [0.05, 0.1) is 11.5 Å². The summed E-state index contributed by atoms with van der Waals surface area (Å²) in [7, 11) is -3.11. The number of sulfone groups is 1. The molecule has 20 heavy (non-hydrogen) atoms. The molecule has 1 fully saturated rings. The first kappa shape index (κ1) is 15.4. The number of benzene rings is 1.